The van der Waals surface area contributed by atoms with Crippen molar-refractivity contribution in [2.24, 2.45) is 5.73 Å². The van der Waals surface area contributed by atoms with E-state index in [0.717, 1.165) is 6.08 Å². The van der Waals surface area contributed by atoms with Gasteiger partial charge < -0.3 is 11.9 Å². The van der Waals surface area contributed by atoms with Crippen LogP contribution in [0.1, 0.15) is 1.43 Å². The molecular formula is C10H12NNaO3. The van der Waals surface area contributed by atoms with Gasteiger partial charge >= 0.3 is 29.6 Å². The first-order valence-corrected chi connectivity index (χ1v) is 3.78. The van der Waals surface area contributed by atoms with Gasteiger partial charge in [-0.1, -0.05) is 24.8 Å². The molecule has 0 saturated carbocycles. The molecule has 0 aromatic heterocycles. The zero-order chi connectivity index (χ0) is 10.8. The molecular weight excluding hydrogens is 205 g/mol. The summed E-state index contributed by atoms with van der Waals surface area (Å²) in [5.41, 5.74) is 4.53. The molecule has 0 spiro atoms. The largest absolute Gasteiger partial charge is 1.00 e. The molecule has 0 radical (unpaired) electrons. The summed E-state index contributed by atoms with van der Waals surface area (Å²) in [7, 11) is 0. The average molecular weight is 217 g/mol. The molecule has 0 aliphatic heterocycles. The van der Waals surface area contributed by atoms with Crippen LogP contribution in [0.5, 0.6) is 5.75 Å². The molecule has 0 heterocycles. The van der Waals surface area contributed by atoms with Crippen LogP contribution in [0.25, 0.3) is 0 Å². The van der Waals surface area contributed by atoms with Crippen LogP contribution in [0.15, 0.2) is 43.0 Å². The van der Waals surface area contributed by atoms with E-state index in [1.165, 1.54) is 0 Å². The zero-order valence-corrected chi connectivity index (χ0v) is 10.6. The van der Waals surface area contributed by atoms with E-state index in [1.54, 1.807) is 24.3 Å². The molecule has 1 aromatic rings. The molecule has 1 amide bonds. The van der Waals surface area contributed by atoms with Gasteiger partial charge in [0.15, 0.2) is 0 Å². The predicted octanol–water partition coefficient (Wildman–Crippen LogP) is -2.00. The van der Waals surface area contributed by atoms with Gasteiger partial charge in [-0.15, -0.1) is 0 Å². The Bertz CT molecular complexity index is 306. The van der Waals surface area contributed by atoms with Crippen LogP contribution in [0.3, 0.4) is 0 Å². The first-order valence-electron chi connectivity index (χ1n) is 3.78. The van der Waals surface area contributed by atoms with Crippen molar-refractivity contribution in [2.45, 2.75) is 0 Å². The number of carbonyl (C=O) groups excluding carboxylic acids is 2. The SMILES string of the molecule is C=CC(N)=O.O=COc1ccccc1.[H-].[Na+]. The molecule has 15 heavy (non-hydrogen) atoms. The number of hydrogen-bond donors (Lipinski definition) is 1. The summed E-state index contributed by atoms with van der Waals surface area (Å²) in [5.74, 6) is 0.0949. The van der Waals surface area contributed by atoms with E-state index >= 15 is 0 Å². The molecule has 2 N–H and O–H groups in total. The fraction of sp³-hybridized carbons (Fsp3) is 0. The summed E-state index contributed by atoms with van der Waals surface area (Å²) in [6.45, 7) is 3.50. The quantitative estimate of drug-likeness (QED) is 0.361. The van der Waals surface area contributed by atoms with Gasteiger partial charge in [-0.25, -0.2) is 0 Å². The minimum atomic E-state index is -0.481. The van der Waals surface area contributed by atoms with Crippen LogP contribution in [0, 0.1) is 0 Å². The number of para-hydroxylation sites is 1. The Morgan fingerprint density at radius 3 is 2.20 bits per heavy atom. The standard InChI is InChI=1S/C7H6O2.C3H5NO.Na.H/c8-6-9-7-4-2-1-3-5-7;1-2-3(4)5;;/h1-6H;2H,1H2,(H2,4,5);;/q;;+1;-1. The Morgan fingerprint density at radius 2 is 1.87 bits per heavy atom. The van der Waals surface area contributed by atoms with Crippen molar-refractivity contribution >= 4 is 12.4 Å². The van der Waals surface area contributed by atoms with Crippen LogP contribution in [0.2, 0.25) is 0 Å². The first-order chi connectivity index (χ1) is 6.70. The van der Waals surface area contributed by atoms with Gasteiger partial charge in [0.2, 0.25) is 5.91 Å². The van der Waals surface area contributed by atoms with Crippen molar-refractivity contribution in [3.8, 4) is 5.75 Å². The fourth-order valence-electron chi connectivity index (χ4n) is 0.555. The molecule has 76 valence electrons. The second-order valence-corrected chi connectivity index (χ2v) is 2.13. The average Bonchev–Trinajstić information content (AvgIpc) is 2.21. The predicted molar refractivity (Wildman–Crippen MR) is 53.6 cm³/mol. The number of carbonyl (C=O) groups is 2. The van der Waals surface area contributed by atoms with Gasteiger partial charge in [0.25, 0.3) is 6.47 Å². The first kappa shape index (κ1) is 16.3. The number of nitrogens with two attached hydrogens (primary N) is 1. The summed E-state index contributed by atoms with van der Waals surface area (Å²) in [6, 6.07) is 8.90. The molecule has 0 aliphatic rings. The molecule has 0 atom stereocenters. The third-order valence-corrected chi connectivity index (χ3v) is 1.13. The number of amides is 1. The maximum atomic E-state index is 9.75. The van der Waals surface area contributed by atoms with E-state index in [9.17, 15) is 9.59 Å². The van der Waals surface area contributed by atoms with E-state index in [0.29, 0.717) is 12.2 Å². The monoisotopic (exact) mass is 217 g/mol. The molecule has 0 aliphatic carbocycles. The second kappa shape index (κ2) is 11.0. The van der Waals surface area contributed by atoms with Crippen LogP contribution in [-0.4, -0.2) is 12.4 Å². The van der Waals surface area contributed by atoms with Crippen LogP contribution >= 0.6 is 0 Å². The molecule has 5 heteroatoms. The van der Waals surface area contributed by atoms with Gasteiger partial charge in [0, 0.05) is 0 Å². The van der Waals surface area contributed by atoms with E-state index in [1.807, 2.05) is 6.07 Å². The molecule has 4 nitrogen and oxygen atoms in total. The van der Waals surface area contributed by atoms with Gasteiger partial charge in [-0.2, -0.15) is 0 Å². The zero-order valence-electron chi connectivity index (χ0n) is 9.55. The minimum absolute atomic E-state index is 0. The van der Waals surface area contributed by atoms with Crippen molar-refractivity contribution in [1.29, 1.82) is 0 Å². The minimum Gasteiger partial charge on any atom is -1.00 e. The van der Waals surface area contributed by atoms with Crippen LogP contribution in [0.4, 0.5) is 0 Å². The second-order valence-electron chi connectivity index (χ2n) is 2.13. The summed E-state index contributed by atoms with van der Waals surface area (Å²) in [5, 5.41) is 0. The summed E-state index contributed by atoms with van der Waals surface area (Å²) < 4.78 is 4.53. The fourth-order valence-corrected chi connectivity index (χ4v) is 0.555. The van der Waals surface area contributed by atoms with Gasteiger partial charge in [-0.05, 0) is 18.2 Å². The number of ether oxygens (including phenoxy) is 1. The van der Waals surface area contributed by atoms with E-state index < -0.39 is 5.91 Å². The van der Waals surface area contributed by atoms with Crippen molar-refractivity contribution in [1.82, 2.24) is 0 Å². The Labute approximate surface area is 112 Å². The van der Waals surface area contributed by atoms with E-state index in [2.05, 4.69) is 17.0 Å². The molecule has 0 unspecified atom stereocenters. The van der Waals surface area contributed by atoms with Crippen molar-refractivity contribution in [3.05, 3.63) is 43.0 Å². The number of hydrogen-bond acceptors (Lipinski definition) is 3. The molecule has 1 aromatic carbocycles. The van der Waals surface area contributed by atoms with Crippen LogP contribution in [-0.2, 0) is 9.59 Å². The maximum absolute atomic E-state index is 9.75. The van der Waals surface area contributed by atoms with Gasteiger partial charge in [0.1, 0.15) is 5.75 Å². The summed E-state index contributed by atoms with van der Waals surface area (Å²) >= 11 is 0. The molecule has 0 saturated heterocycles. The molecule has 0 fully saturated rings. The Balaban J connectivity index is -0.000000214. The Morgan fingerprint density at radius 1 is 1.40 bits per heavy atom. The topological polar surface area (TPSA) is 69.4 Å². The smallest absolute Gasteiger partial charge is 1.00 e. The summed E-state index contributed by atoms with van der Waals surface area (Å²) in [4.78, 5) is 19.2. The van der Waals surface area contributed by atoms with E-state index in [-0.39, 0.29) is 31.0 Å². The van der Waals surface area contributed by atoms with E-state index in [4.69, 9.17) is 0 Å². The van der Waals surface area contributed by atoms with Crippen molar-refractivity contribution in [3.63, 3.8) is 0 Å². The molecule has 0 bridgehead atoms. The normalized spacial score (nSPS) is 7.20. The Hall–Kier alpha value is -1.10. The number of rotatable bonds is 3. The third kappa shape index (κ3) is 10.8. The van der Waals surface area contributed by atoms with Gasteiger partial charge in [0.05, 0.1) is 0 Å². The Kier molecular flexibility index (Phi) is 12.0. The van der Waals surface area contributed by atoms with Crippen LogP contribution < -0.4 is 40.0 Å². The number of primary amides is 1. The van der Waals surface area contributed by atoms with Crippen molar-refractivity contribution in [2.75, 3.05) is 0 Å². The number of benzene rings is 1. The summed E-state index contributed by atoms with van der Waals surface area (Å²) in [6.07, 6.45) is 1.06. The maximum Gasteiger partial charge on any atom is 1.00 e. The molecule has 1 rings (SSSR count). The van der Waals surface area contributed by atoms with Gasteiger partial charge in [-0.3, -0.25) is 9.59 Å². The van der Waals surface area contributed by atoms with Crippen molar-refractivity contribution < 1.29 is 45.3 Å². The third-order valence-electron chi connectivity index (χ3n) is 1.13.